The van der Waals surface area contributed by atoms with Gasteiger partial charge in [-0.3, -0.25) is 0 Å². The molecule has 0 bridgehead atoms. The largest absolute Gasteiger partial charge is 0.453 e. The van der Waals surface area contributed by atoms with Crippen LogP contribution in [0.4, 0.5) is 0 Å². The van der Waals surface area contributed by atoms with Crippen LogP contribution in [0, 0.1) is 0 Å². The van der Waals surface area contributed by atoms with Crippen LogP contribution in [0.2, 0.25) is 0 Å². The second-order valence-electron chi connectivity index (χ2n) is 12.0. The maximum Gasteiger partial charge on any atom is 0.152 e. The van der Waals surface area contributed by atoms with E-state index in [1.807, 2.05) is 18.2 Å². The van der Waals surface area contributed by atoms with Crippen molar-refractivity contribution in [3.63, 3.8) is 0 Å². The fourth-order valence-electron chi connectivity index (χ4n) is 7.44. The average molecular weight is 569 g/mol. The summed E-state index contributed by atoms with van der Waals surface area (Å²) in [5.41, 5.74) is 10.6. The lowest BCUT2D eigenvalue weighted by atomic mass is 9.99. The molecule has 44 heavy (non-hydrogen) atoms. The van der Waals surface area contributed by atoms with E-state index in [1.54, 1.807) is 0 Å². The molecule has 2 aromatic heterocycles. The molecule has 0 fully saturated rings. The van der Waals surface area contributed by atoms with Crippen LogP contribution in [0.1, 0.15) is 25.3 Å². The lowest BCUT2D eigenvalue weighted by Gasteiger charge is -2.21. The summed E-state index contributed by atoms with van der Waals surface area (Å²) in [6, 6.07) is 41.5. The van der Waals surface area contributed by atoms with Gasteiger partial charge in [-0.05, 0) is 96.3 Å². The number of aromatic nitrogens is 2. The standard InChI is InChI=1S/C40H28N2O2/c1-2-3-9-24-20-30-29-23-26(17-19-32(29)42-34-12-5-7-14-36(34)44-38(21-24)40(30)42)25-16-18-31-28(22-25)27-10-8-15-37-39(27)41(31)33-11-4-6-13-35(33)43-37/h4-8,10-23H,2-3,9H2,1H3. The van der Waals surface area contributed by atoms with Crippen LogP contribution in [0.25, 0.3) is 66.1 Å². The molecule has 0 amide bonds. The van der Waals surface area contributed by atoms with Gasteiger partial charge in [-0.15, -0.1) is 0 Å². The third-order valence-corrected chi connectivity index (χ3v) is 9.44. The van der Waals surface area contributed by atoms with E-state index in [2.05, 4.69) is 113 Å². The van der Waals surface area contributed by atoms with E-state index in [-0.39, 0.29) is 0 Å². The molecule has 2 aliphatic rings. The number of hydrogen-bond acceptors (Lipinski definition) is 2. The molecule has 0 N–H and O–H groups in total. The van der Waals surface area contributed by atoms with Crippen molar-refractivity contribution >= 4 is 43.6 Å². The highest BCUT2D eigenvalue weighted by Gasteiger charge is 2.26. The minimum Gasteiger partial charge on any atom is -0.453 e. The van der Waals surface area contributed by atoms with E-state index < -0.39 is 0 Å². The molecule has 4 heterocycles. The summed E-state index contributed by atoms with van der Waals surface area (Å²) in [6.45, 7) is 2.25. The van der Waals surface area contributed by atoms with Gasteiger partial charge in [0, 0.05) is 21.5 Å². The summed E-state index contributed by atoms with van der Waals surface area (Å²) in [4.78, 5) is 0. The van der Waals surface area contributed by atoms with Crippen molar-refractivity contribution in [2.45, 2.75) is 26.2 Å². The van der Waals surface area contributed by atoms with E-state index in [0.29, 0.717) is 0 Å². The molecule has 6 aromatic carbocycles. The van der Waals surface area contributed by atoms with Gasteiger partial charge >= 0.3 is 0 Å². The zero-order chi connectivity index (χ0) is 28.9. The molecular weight excluding hydrogens is 540 g/mol. The fourth-order valence-corrected chi connectivity index (χ4v) is 7.44. The Labute approximate surface area is 254 Å². The summed E-state index contributed by atoms with van der Waals surface area (Å²) in [6.07, 6.45) is 3.38. The van der Waals surface area contributed by atoms with Gasteiger partial charge in [-0.2, -0.15) is 0 Å². The van der Waals surface area contributed by atoms with E-state index in [4.69, 9.17) is 9.47 Å². The second kappa shape index (κ2) is 8.77. The number of nitrogens with zero attached hydrogens (tertiary/aromatic N) is 2. The van der Waals surface area contributed by atoms with Crippen LogP contribution in [0.3, 0.4) is 0 Å². The maximum absolute atomic E-state index is 6.52. The van der Waals surface area contributed by atoms with Crippen LogP contribution in [-0.4, -0.2) is 9.13 Å². The van der Waals surface area contributed by atoms with Crippen molar-refractivity contribution in [3.05, 3.63) is 121 Å². The predicted octanol–water partition coefficient (Wildman–Crippen LogP) is 11.1. The molecule has 0 aliphatic carbocycles. The maximum atomic E-state index is 6.52. The lowest BCUT2D eigenvalue weighted by molar-refractivity contribution is 0.475. The third kappa shape index (κ3) is 3.17. The number of fused-ring (bicyclic) bond motifs is 10. The van der Waals surface area contributed by atoms with Crippen molar-refractivity contribution in [2.24, 2.45) is 0 Å². The topological polar surface area (TPSA) is 28.3 Å². The van der Waals surface area contributed by atoms with E-state index in [1.165, 1.54) is 55.7 Å². The Hall–Kier alpha value is -5.48. The quantitative estimate of drug-likeness (QED) is 0.211. The Kier molecular flexibility index (Phi) is 4.79. The molecule has 0 saturated heterocycles. The van der Waals surface area contributed by atoms with Crippen LogP contribution < -0.4 is 9.47 Å². The Morgan fingerprint density at radius 2 is 1.09 bits per heavy atom. The number of para-hydroxylation sites is 5. The third-order valence-electron chi connectivity index (χ3n) is 9.44. The van der Waals surface area contributed by atoms with E-state index >= 15 is 0 Å². The van der Waals surface area contributed by atoms with Gasteiger partial charge in [0.2, 0.25) is 0 Å². The Balaban J connectivity index is 1.21. The number of rotatable bonds is 4. The first-order chi connectivity index (χ1) is 21.8. The average Bonchev–Trinajstić information content (AvgIpc) is 3.58. The van der Waals surface area contributed by atoms with Crippen molar-refractivity contribution < 1.29 is 9.47 Å². The van der Waals surface area contributed by atoms with E-state index in [0.717, 1.165) is 58.2 Å². The van der Waals surface area contributed by atoms with Crippen molar-refractivity contribution in [1.82, 2.24) is 9.13 Å². The van der Waals surface area contributed by atoms with E-state index in [9.17, 15) is 0 Å². The SMILES string of the molecule is CCCCc1cc2c3c(c1)c1cc(-c4ccc5c(c4)c4cccc6c4n5-c4ccccc4O6)ccc1n3-c1ccccc1O2. The van der Waals surface area contributed by atoms with Gasteiger partial charge in [0.15, 0.2) is 23.0 Å². The zero-order valence-electron chi connectivity index (χ0n) is 24.3. The molecule has 0 radical (unpaired) electrons. The Bertz CT molecular complexity index is 2500. The van der Waals surface area contributed by atoms with Crippen LogP contribution in [0.5, 0.6) is 23.0 Å². The number of benzene rings is 6. The van der Waals surface area contributed by atoms with Crippen LogP contribution >= 0.6 is 0 Å². The Morgan fingerprint density at radius 1 is 0.500 bits per heavy atom. The van der Waals surface area contributed by atoms with Crippen molar-refractivity contribution in [3.8, 4) is 45.5 Å². The molecule has 10 rings (SSSR count). The monoisotopic (exact) mass is 568 g/mol. The smallest absolute Gasteiger partial charge is 0.152 e. The van der Waals surface area contributed by atoms with Gasteiger partial charge in [-0.25, -0.2) is 0 Å². The minimum absolute atomic E-state index is 0.886. The lowest BCUT2D eigenvalue weighted by Crippen LogP contribution is -2.04. The van der Waals surface area contributed by atoms with Gasteiger partial charge < -0.3 is 18.6 Å². The summed E-state index contributed by atoms with van der Waals surface area (Å²) < 4.78 is 17.6. The molecule has 4 heteroatoms. The molecule has 0 unspecified atom stereocenters. The van der Waals surface area contributed by atoms with Crippen LogP contribution in [-0.2, 0) is 6.42 Å². The predicted molar refractivity (Wildman–Crippen MR) is 179 cm³/mol. The molecule has 0 atom stereocenters. The first kappa shape index (κ1) is 24.0. The normalized spacial score (nSPS) is 12.8. The van der Waals surface area contributed by atoms with Gasteiger partial charge in [-0.1, -0.05) is 61.9 Å². The molecule has 0 saturated carbocycles. The fraction of sp³-hybridized carbons (Fsp3) is 0.100. The number of unbranched alkanes of at least 4 members (excludes halogenated alkanes) is 1. The summed E-state index contributed by atoms with van der Waals surface area (Å²) in [5, 5.41) is 4.94. The summed E-state index contributed by atoms with van der Waals surface area (Å²) in [7, 11) is 0. The van der Waals surface area contributed by atoms with Gasteiger partial charge in [0.05, 0.1) is 33.4 Å². The molecular formula is C40H28N2O2. The number of hydrogen-bond donors (Lipinski definition) is 0. The van der Waals surface area contributed by atoms with Gasteiger partial charge in [0.25, 0.3) is 0 Å². The highest BCUT2D eigenvalue weighted by Crippen LogP contribution is 2.48. The molecule has 8 aromatic rings. The highest BCUT2D eigenvalue weighted by molar-refractivity contribution is 6.15. The van der Waals surface area contributed by atoms with Crippen LogP contribution in [0.15, 0.2) is 115 Å². The molecule has 2 aliphatic heterocycles. The molecule has 210 valence electrons. The highest BCUT2D eigenvalue weighted by atomic mass is 16.5. The van der Waals surface area contributed by atoms with Gasteiger partial charge in [0.1, 0.15) is 0 Å². The van der Waals surface area contributed by atoms with Crippen molar-refractivity contribution in [1.29, 1.82) is 0 Å². The summed E-state index contributed by atoms with van der Waals surface area (Å²) >= 11 is 0. The molecule has 0 spiro atoms. The van der Waals surface area contributed by atoms with Crippen molar-refractivity contribution in [2.75, 3.05) is 0 Å². The Morgan fingerprint density at radius 3 is 1.77 bits per heavy atom. The summed E-state index contributed by atoms with van der Waals surface area (Å²) in [5.74, 6) is 3.63. The second-order valence-corrected chi connectivity index (χ2v) is 12.0. The number of ether oxygens (including phenoxy) is 2. The first-order valence-corrected chi connectivity index (χ1v) is 15.5. The number of aryl methyl sites for hydroxylation is 1. The molecule has 4 nitrogen and oxygen atoms in total. The zero-order valence-corrected chi connectivity index (χ0v) is 24.3. The first-order valence-electron chi connectivity index (χ1n) is 15.5. The minimum atomic E-state index is 0.886.